The van der Waals surface area contributed by atoms with Crippen molar-refractivity contribution in [3.05, 3.63) is 71.8 Å². The molecule has 0 unspecified atom stereocenters. The Morgan fingerprint density at radius 1 is 1.09 bits per heavy atom. The van der Waals surface area contributed by atoms with E-state index in [9.17, 15) is 4.79 Å². The Morgan fingerprint density at radius 3 is 2.53 bits per heavy atom. The first-order valence-corrected chi connectivity index (χ1v) is 10.7. The number of carbonyl (C=O) groups excluding carboxylic acids is 1. The molecule has 0 spiro atoms. The monoisotopic (exact) mass is 437 g/mol. The van der Waals surface area contributed by atoms with Gasteiger partial charge in [0.05, 0.1) is 13.7 Å². The fraction of sp³-hybridized carbons (Fsp3) is 0.360. The standard InChI is InChI=1S/C25H31N3O4/c1-18(2)11-14-31-22-10-5-19(15-23(22)30-4)16-27-25(29)20-6-8-21(9-7-20)32-17-24-26-12-13-28(24)3/h5-10,12-13,15,18H,11,14,16-17H2,1-4H3,(H,27,29). The highest BCUT2D eigenvalue weighted by Crippen LogP contribution is 2.28. The van der Waals surface area contributed by atoms with Gasteiger partial charge in [0.2, 0.25) is 0 Å². The summed E-state index contributed by atoms with van der Waals surface area (Å²) in [4.78, 5) is 16.7. The molecule has 0 bridgehead atoms. The molecule has 0 saturated heterocycles. The van der Waals surface area contributed by atoms with E-state index in [1.807, 2.05) is 36.0 Å². The van der Waals surface area contributed by atoms with Crippen LogP contribution in [0.3, 0.4) is 0 Å². The molecule has 1 N–H and O–H groups in total. The minimum absolute atomic E-state index is 0.156. The second-order valence-electron chi connectivity index (χ2n) is 7.97. The second-order valence-corrected chi connectivity index (χ2v) is 7.97. The van der Waals surface area contributed by atoms with Gasteiger partial charge in [-0.3, -0.25) is 4.79 Å². The summed E-state index contributed by atoms with van der Waals surface area (Å²) in [7, 11) is 3.53. The third-order valence-corrected chi connectivity index (χ3v) is 5.04. The zero-order valence-corrected chi connectivity index (χ0v) is 19.1. The summed E-state index contributed by atoms with van der Waals surface area (Å²) in [5.41, 5.74) is 1.50. The second kappa shape index (κ2) is 11.2. The molecule has 3 rings (SSSR count). The minimum Gasteiger partial charge on any atom is -0.493 e. The Labute approximate surface area is 189 Å². The normalized spacial score (nSPS) is 10.8. The number of nitrogens with one attached hydrogen (secondary N) is 1. The Kier molecular flexibility index (Phi) is 8.14. The number of hydrogen-bond donors (Lipinski definition) is 1. The van der Waals surface area contributed by atoms with E-state index in [1.165, 1.54) is 0 Å². The molecule has 0 aliphatic heterocycles. The number of aromatic nitrogens is 2. The van der Waals surface area contributed by atoms with Gasteiger partial charge in [0.15, 0.2) is 11.5 Å². The molecule has 0 aliphatic rings. The number of aryl methyl sites for hydroxylation is 1. The van der Waals surface area contributed by atoms with Crippen molar-refractivity contribution in [3.63, 3.8) is 0 Å². The van der Waals surface area contributed by atoms with Crippen LogP contribution in [0.2, 0.25) is 0 Å². The van der Waals surface area contributed by atoms with Crippen LogP contribution in [0.1, 0.15) is 42.0 Å². The van der Waals surface area contributed by atoms with Crippen molar-refractivity contribution in [1.29, 1.82) is 0 Å². The van der Waals surface area contributed by atoms with Crippen molar-refractivity contribution in [1.82, 2.24) is 14.9 Å². The maximum atomic E-state index is 12.5. The highest BCUT2D eigenvalue weighted by Gasteiger charge is 2.10. The summed E-state index contributed by atoms with van der Waals surface area (Å²) < 4.78 is 18.9. The van der Waals surface area contributed by atoms with Crippen LogP contribution in [0.4, 0.5) is 0 Å². The quantitative estimate of drug-likeness (QED) is 0.482. The lowest BCUT2D eigenvalue weighted by Crippen LogP contribution is -2.22. The molecule has 0 aliphatic carbocycles. The smallest absolute Gasteiger partial charge is 0.251 e. The number of carbonyl (C=O) groups is 1. The molecule has 0 atom stereocenters. The van der Waals surface area contributed by atoms with E-state index in [0.717, 1.165) is 17.8 Å². The van der Waals surface area contributed by atoms with E-state index in [4.69, 9.17) is 14.2 Å². The fourth-order valence-electron chi connectivity index (χ4n) is 3.02. The van der Waals surface area contributed by atoms with Crippen LogP contribution in [-0.2, 0) is 20.2 Å². The molecule has 0 fully saturated rings. The summed E-state index contributed by atoms with van der Waals surface area (Å²) in [6.07, 6.45) is 4.58. The molecule has 32 heavy (non-hydrogen) atoms. The Bertz CT molecular complexity index is 1010. The molecule has 7 heteroatoms. The first-order chi connectivity index (χ1) is 15.5. The topological polar surface area (TPSA) is 74.6 Å². The van der Waals surface area contributed by atoms with Gasteiger partial charge in [-0.2, -0.15) is 0 Å². The van der Waals surface area contributed by atoms with E-state index in [2.05, 4.69) is 24.1 Å². The zero-order chi connectivity index (χ0) is 22.9. The van der Waals surface area contributed by atoms with Gasteiger partial charge >= 0.3 is 0 Å². The number of hydrogen-bond acceptors (Lipinski definition) is 5. The third kappa shape index (κ3) is 6.51. The zero-order valence-electron chi connectivity index (χ0n) is 19.1. The van der Waals surface area contributed by atoms with E-state index >= 15 is 0 Å². The van der Waals surface area contributed by atoms with E-state index in [1.54, 1.807) is 37.6 Å². The maximum absolute atomic E-state index is 12.5. The Morgan fingerprint density at radius 2 is 1.88 bits per heavy atom. The molecule has 7 nitrogen and oxygen atoms in total. The number of methoxy groups -OCH3 is 1. The molecule has 3 aromatic rings. The number of nitrogens with zero attached hydrogens (tertiary/aromatic N) is 2. The predicted octanol–water partition coefficient (Wildman–Crippen LogP) is 4.36. The SMILES string of the molecule is COc1cc(CNC(=O)c2ccc(OCc3nccn3C)cc2)ccc1OCCC(C)C. The maximum Gasteiger partial charge on any atom is 0.251 e. The van der Waals surface area contributed by atoms with Gasteiger partial charge in [0.25, 0.3) is 5.91 Å². The number of amides is 1. The minimum atomic E-state index is -0.156. The molecule has 1 amide bonds. The molecular weight excluding hydrogens is 406 g/mol. The highest BCUT2D eigenvalue weighted by atomic mass is 16.5. The largest absolute Gasteiger partial charge is 0.493 e. The van der Waals surface area contributed by atoms with E-state index in [0.29, 0.717) is 48.5 Å². The van der Waals surface area contributed by atoms with Crippen LogP contribution in [0.15, 0.2) is 54.9 Å². The number of imidazole rings is 1. The summed E-state index contributed by atoms with van der Waals surface area (Å²) in [6, 6.07) is 12.8. The lowest BCUT2D eigenvalue weighted by molar-refractivity contribution is 0.0951. The van der Waals surface area contributed by atoms with Gasteiger partial charge in [0.1, 0.15) is 18.2 Å². The lowest BCUT2D eigenvalue weighted by Gasteiger charge is -2.13. The van der Waals surface area contributed by atoms with Gasteiger partial charge in [-0.05, 0) is 54.3 Å². The van der Waals surface area contributed by atoms with Crippen LogP contribution in [0.25, 0.3) is 0 Å². The molecule has 1 aromatic heterocycles. The van der Waals surface area contributed by atoms with Crippen LogP contribution in [0.5, 0.6) is 17.2 Å². The molecule has 1 heterocycles. The molecule has 170 valence electrons. The van der Waals surface area contributed by atoms with Gasteiger partial charge in [0, 0.05) is 31.5 Å². The first-order valence-electron chi connectivity index (χ1n) is 10.7. The van der Waals surface area contributed by atoms with Crippen LogP contribution < -0.4 is 19.5 Å². The summed E-state index contributed by atoms with van der Waals surface area (Å²) in [5, 5.41) is 2.94. The van der Waals surface area contributed by atoms with Gasteiger partial charge in [-0.1, -0.05) is 19.9 Å². The van der Waals surface area contributed by atoms with Gasteiger partial charge in [-0.25, -0.2) is 4.98 Å². The van der Waals surface area contributed by atoms with Crippen LogP contribution in [-0.4, -0.2) is 29.2 Å². The number of benzene rings is 2. The van der Waals surface area contributed by atoms with Crippen molar-refractivity contribution in [2.45, 2.75) is 33.4 Å². The summed E-state index contributed by atoms with van der Waals surface area (Å²) in [6.45, 7) is 5.72. The summed E-state index contributed by atoms with van der Waals surface area (Å²) >= 11 is 0. The van der Waals surface area contributed by atoms with Crippen molar-refractivity contribution in [2.24, 2.45) is 13.0 Å². The van der Waals surface area contributed by atoms with Gasteiger partial charge < -0.3 is 24.1 Å². The molecule has 0 radical (unpaired) electrons. The number of ether oxygens (including phenoxy) is 3. The first kappa shape index (κ1) is 23.2. The highest BCUT2D eigenvalue weighted by molar-refractivity contribution is 5.94. The van der Waals surface area contributed by atoms with Crippen LogP contribution >= 0.6 is 0 Å². The fourth-order valence-corrected chi connectivity index (χ4v) is 3.02. The van der Waals surface area contributed by atoms with Crippen LogP contribution in [0, 0.1) is 5.92 Å². The van der Waals surface area contributed by atoms with Crippen molar-refractivity contribution in [2.75, 3.05) is 13.7 Å². The van der Waals surface area contributed by atoms with Crippen molar-refractivity contribution < 1.29 is 19.0 Å². The van der Waals surface area contributed by atoms with Crippen molar-refractivity contribution >= 4 is 5.91 Å². The molecule has 0 saturated carbocycles. The summed E-state index contributed by atoms with van der Waals surface area (Å²) in [5.74, 6) is 3.31. The van der Waals surface area contributed by atoms with E-state index in [-0.39, 0.29) is 5.91 Å². The van der Waals surface area contributed by atoms with Gasteiger partial charge in [-0.15, -0.1) is 0 Å². The van der Waals surface area contributed by atoms with E-state index < -0.39 is 0 Å². The lowest BCUT2D eigenvalue weighted by atomic mass is 10.1. The third-order valence-electron chi connectivity index (χ3n) is 5.04. The van der Waals surface area contributed by atoms with Crippen molar-refractivity contribution in [3.8, 4) is 17.2 Å². The Hall–Kier alpha value is -3.48. The molecule has 2 aromatic carbocycles. The Balaban J connectivity index is 1.51. The predicted molar refractivity (Wildman–Crippen MR) is 123 cm³/mol. The average molecular weight is 438 g/mol. The average Bonchev–Trinajstić information content (AvgIpc) is 3.21. The number of rotatable bonds is 11. The molecular formula is C25H31N3O4.